The van der Waals surface area contributed by atoms with Crippen molar-refractivity contribution in [1.82, 2.24) is 0 Å². The summed E-state index contributed by atoms with van der Waals surface area (Å²) in [6.45, 7) is 2.07. The van der Waals surface area contributed by atoms with E-state index < -0.39 is 15.9 Å². The van der Waals surface area contributed by atoms with Gasteiger partial charge in [-0.15, -0.1) is 0 Å². The summed E-state index contributed by atoms with van der Waals surface area (Å²) >= 11 is 0. The zero-order chi connectivity index (χ0) is 24.0. The van der Waals surface area contributed by atoms with E-state index in [0.29, 0.717) is 16.8 Å². The van der Waals surface area contributed by atoms with Crippen molar-refractivity contribution in [3.63, 3.8) is 0 Å². The number of phenols is 1. The first-order valence-corrected chi connectivity index (χ1v) is 12.0. The summed E-state index contributed by atoms with van der Waals surface area (Å²) in [5.74, 6) is -1.14. The predicted molar refractivity (Wildman–Crippen MR) is 128 cm³/mol. The van der Waals surface area contributed by atoms with Gasteiger partial charge in [0.15, 0.2) is 5.76 Å². The van der Waals surface area contributed by atoms with E-state index in [4.69, 9.17) is 10.5 Å². The lowest BCUT2D eigenvalue weighted by atomic mass is 9.88. The van der Waals surface area contributed by atoms with Crippen LogP contribution in [0.25, 0.3) is 5.76 Å². The maximum absolute atomic E-state index is 14.2. The highest BCUT2D eigenvalue weighted by Crippen LogP contribution is 2.51. The number of fused-ring (bicyclic) bond motifs is 2. The number of para-hydroxylation sites is 1. The molecule has 34 heavy (non-hydrogen) atoms. The third kappa shape index (κ3) is 3.38. The van der Waals surface area contributed by atoms with Crippen molar-refractivity contribution in [3.8, 4) is 11.8 Å². The molecule has 3 aromatic rings. The molecule has 0 unspecified atom stereocenters. The highest BCUT2D eigenvalue weighted by Gasteiger charge is 2.47. The SMILES string of the molecule is Cc1ccc(CN2c3ccccc3C3=C([C@@H](c4cccc(O)c4)C(C#N)=C(N)O3)S2(=O)=O)cc1. The Morgan fingerprint density at radius 2 is 1.82 bits per heavy atom. The molecule has 0 aromatic heterocycles. The quantitative estimate of drug-likeness (QED) is 0.591. The number of rotatable bonds is 3. The van der Waals surface area contributed by atoms with Gasteiger partial charge < -0.3 is 15.6 Å². The molecule has 5 rings (SSSR count). The Morgan fingerprint density at radius 3 is 2.53 bits per heavy atom. The molecule has 0 amide bonds. The summed E-state index contributed by atoms with van der Waals surface area (Å²) in [5.41, 5.74) is 9.41. The van der Waals surface area contributed by atoms with Gasteiger partial charge >= 0.3 is 0 Å². The number of aromatic hydroxyl groups is 1. The molecule has 2 aliphatic rings. The second kappa shape index (κ2) is 7.97. The normalized spacial score (nSPS) is 18.6. The average Bonchev–Trinajstić information content (AvgIpc) is 2.82. The van der Waals surface area contributed by atoms with E-state index in [1.54, 1.807) is 36.4 Å². The number of nitrogens with two attached hydrogens (primary N) is 1. The molecular weight excluding hydrogens is 450 g/mol. The van der Waals surface area contributed by atoms with Gasteiger partial charge in [0.1, 0.15) is 22.3 Å². The molecule has 2 heterocycles. The second-order valence-corrected chi connectivity index (χ2v) is 10.1. The van der Waals surface area contributed by atoms with E-state index in [2.05, 4.69) is 0 Å². The first-order chi connectivity index (χ1) is 16.3. The number of allylic oxidation sites excluding steroid dienone is 2. The second-order valence-electron chi connectivity index (χ2n) is 8.23. The Kier molecular flexibility index (Phi) is 5.07. The van der Waals surface area contributed by atoms with Gasteiger partial charge in [-0.05, 0) is 42.3 Å². The van der Waals surface area contributed by atoms with Crippen LogP contribution in [0.4, 0.5) is 5.69 Å². The Balaban J connectivity index is 1.76. The zero-order valence-electron chi connectivity index (χ0n) is 18.3. The highest BCUT2D eigenvalue weighted by molar-refractivity contribution is 7.96. The van der Waals surface area contributed by atoms with E-state index in [1.807, 2.05) is 37.3 Å². The summed E-state index contributed by atoms with van der Waals surface area (Å²) < 4.78 is 35.5. The number of nitrogens with zero attached hydrogens (tertiary/aromatic N) is 2. The smallest absolute Gasteiger partial charge is 0.265 e. The average molecular weight is 472 g/mol. The van der Waals surface area contributed by atoms with Crippen molar-refractivity contribution in [2.75, 3.05) is 4.31 Å². The van der Waals surface area contributed by atoms with E-state index >= 15 is 0 Å². The molecule has 0 saturated heterocycles. The number of hydrogen-bond acceptors (Lipinski definition) is 6. The Labute approximate surface area is 197 Å². The van der Waals surface area contributed by atoms with Gasteiger partial charge in [-0.1, -0.05) is 54.1 Å². The minimum absolute atomic E-state index is 0.0254. The van der Waals surface area contributed by atoms with E-state index in [9.17, 15) is 18.8 Å². The van der Waals surface area contributed by atoms with Crippen LogP contribution in [0.5, 0.6) is 5.75 Å². The molecule has 0 aliphatic carbocycles. The minimum atomic E-state index is -4.16. The molecule has 3 N–H and O–H groups in total. The molecule has 170 valence electrons. The van der Waals surface area contributed by atoms with Crippen molar-refractivity contribution < 1.29 is 18.3 Å². The molecule has 0 radical (unpaired) electrons. The Hall–Kier alpha value is -4.22. The summed E-state index contributed by atoms with van der Waals surface area (Å²) in [6, 6.07) is 22.9. The van der Waals surface area contributed by atoms with E-state index in [-0.39, 0.29) is 34.4 Å². The molecular formula is C26H21N3O4S. The molecule has 0 spiro atoms. The third-order valence-electron chi connectivity index (χ3n) is 6.01. The van der Waals surface area contributed by atoms with Gasteiger partial charge in [-0.2, -0.15) is 5.26 Å². The van der Waals surface area contributed by atoms with Gasteiger partial charge in [0.05, 0.1) is 18.2 Å². The molecule has 0 fully saturated rings. The number of ether oxygens (including phenoxy) is 1. The number of sulfonamides is 1. The topological polar surface area (TPSA) is 117 Å². The molecule has 2 aliphatic heterocycles. The van der Waals surface area contributed by atoms with Crippen LogP contribution in [-0.4, -0.2) is 13.5 Å². The van der Waals surface area contributed by atoms with Crippen molar-refractivity contribution in [2.45, 2.75) is 19.4 Å². The third-order valence-corrected chi connectivity index (χ3v) is 7.89. The standard InChI is InChI=1S/C26H21N3O4S/c1-16-9-11-17(12-10-16)15-29-22-8-3-2-7-20(22)24-25(34(29,31)32)23(21(14-27)26(28)33-24)18-5-4-6-19(30)13-18/h2-13,23,30H,15,28H2,1H3/t23-/m0/s1. The van der Waals surface area contributed by atoms with Crippen LogP contribution in [0.1, 0.15) is 28.2 Å². The molecule has 3 aromatic carbocycles. The zero-order valence-corrected chi connectivity index (χ0v) is 19.1. The van der Waals surface area contributed by atoms with Crippen molar-refractivity contribution in [3.05, 3.63) is 111 Å². The summed E-state index contributed by atoms with van der Waals surface area (Å²) in [6.07, 6.45) is 0. The van der Waals surface area contributed by atoms with Crippen LogP contribution in [0, 0.1) is 18.3 Å². The molecule has 1 atom stereocenters. The van der Waals surface area contributed by atoms with Crippen LogP contribution in [0.3, 0.4) is 0 Å². The monoisotopic (exact) mass is 471 g/mol. The highest BCUT2D eigenvalue weighted by atomic mass is 32.2. The van der Waals surface area contributed by atoms with E-state index in [0.717, 1.165) is 11.1 Å². The van der Waals surface area contributed by atoms with Crippen LogP contribution in [0.2, 0.25) is 0 Å². The lowest BCUT2D eigenvalue weighted by Gasteiger charge is -2.38. The Bertz CT molecular complexity index is 1520. The number of nitriles is 1. The first kappa shape index (κ1) is 21.6. The number of anilines is 1. The van der Waals surface area contributed by atoms with Crippen LogP contribution >= 0.6 is 0 Å². The fraction of sp³-hybridized carbons (Fsp3) is 0.115. The molecule has 8 heteroatoms. The van der Waals surface area contributed by atoms with Crippen molar-refractivity contribution >= 4 is 21.5 Å². The summed E-state index contributed by atoms with van der Waals surface area (Å²) in [5, 5.41) is 20.0. The van der Waals surface area contributed by atoms with Crippen molar-refractivity contribution in [1.29, 1.82) is 5.26 Å². The number of phenolic OH excluding ortho intramolecular Hbond substituents is 1. The van der Waals surface area contributed by atoms with Gasteiger partial charge in [0.2, 0.25) is 5.88 Å². The fourth-order valence-electron chi connectivity index (χ4n) is 4.38. The lowest BCUT2D eigenvalue weighted by Crippen LogP contribution is -2.39. The Morgan fingerprint density at radius 1 is 1.09 bits per heavy atom. The van der Waals surface area contributed by atoms with Crippen LogP contribution in [-0.2, 0) is 21.3 Å². The molecule has 7 nitrogen and oxygen atoms in total. The minimum Gasteiger partial charge on any atom is -0.508 e. The molecule has 0 bridgehead atoms. The van der Waals surface area contributed by atoms with Crippen molar-refractivity contribution in [2.24, 2.45) is 5.73 Å². The maximum atomic E-state index is 14.2. The van der Waals surface area contributed by atoms with E-state index in [1.165, 1.54) is 16.4 Å². The number of aryl methyl sites for hydroxylation is 1. The first-order valence-electron chi connectivity index (χ1n) is 10.6. The maximum Gasteiger partial charge on any atom is 0.265 e. The fourth-order valence-corrected chi connectivity index (χ4v) is 6.29. The number of benzene rings is 3. The van der Waals surface area contributed by atoms with Gasteiger partial charge in [0, 0.05) is 5.56 Å². The molecule has 0 saturated carbocycles. The summed E-state index contributed by atoms with van der Waals surface area (Å²) in [7, 11) is -4.16. The van der Waals surface area contributed by atoms with Gasteiger partial charge in [-0.25, -0.2) is 8.42 Å². The lowest BCUT2D eigenvalue weighted by molar-refractivity contribution is 0.357. The predicted octanol–water partition coefficient (Wildman–Crippen LogP) is 4.23. The van der Waals surface area contributed by atoms with Gasteiger partial charge in [0.25, 0.3) is 10.0 Å². The largest absolute Gasteiger partial charge is 0.508 e. The van der Waals surface area contributed by atoms with Crippen LogP contribution < -0.4 is 10.0 Å². The number of hydrogen-bond donors (Lipinski definition) is 2. The summed E-state index contributed by atoms with van der Waals surface area (Å²) in [4.78, 5) is -0.0744. The van der Waals surface area contributed by atoms with Crippen LogP contribution in [0.15, 0.2) is 89.2 Å². The van der Waals surface area contributed by atoms with Gasteiger partial charge in [-0.3, -0.25) is 4.31 Å².